The van der Waals surface area contributed by atoms with Crippen LogP contribution in [0, 0.1) is 4.91 Å². The molecular formula is C10H9NO3. The molecule has 1 aliphatic carbocycles. The monoisotopic (exact) mass is 191 g/mol. The number of carbonyl (C=O) groups excluding carboxylic acids is 1. The molecule has 0 N–H and O–H groups in total. The second-order valence-corrected chi connectivity index (χ2v) is 3.26. The fourth-order valence-electron chi connectivity index (χ4n) is 1.72. The van der Waals surface area contributed by atoms with E-state index in [9.17, 15) is 9.70 Å². The van der Waals surface area contributed by atoms with E-state index >= 15 is 0 Å². The number of fused-ring (bicyclic) bond motifs is 1. The molecule has 4 heteroatoms. The molecule has 0 amide bonds. The first-order valence-electron chi connectivity index (χ1n) is 4.47. The fourth-order valence-corrected chi connectivity index (χ4v) is 1.72. The second-order valence-electron chi connectivity index (χ2n) is 3.26. The van der Waals surface area contributed by atoms with Gasteiger partial charge in [0, 0.05) is 12.0 Å². The molecule has 1 aromatic carbocycles. The third-order valence-electron chi connectivity index (χ3n) is 2.37. The Labute approximate surface area is 80.8 Å². The van der Waals surface area contributed by atoms with Gasteiger partial charge in [0.05, 0.1) is 0 Å². The first-order valence-corrected chi connectivity index (χ1v) is 4.47. The molecule has 1 aromatic rings. The molecule has 0 saturated carbocycles. The van der Waals surface area contributed by atoms with Gasteiger partial charge in [-0.05, 0) is 36.6 Å². The van der Waals surface area contributed by atoms with Crippen LogP contribution in [0.2, 0.25) is 0 Å². The highest BCUT2D eigenvalue weighted by molar-refractivity contribution is 5.98. The van der Waals surface area contributed by atoms with Crippen molar-refractivity contribution in [3.63, 3.8) is 0 Å². The minimum absolute atomic E-state index is 0.164. The summed E-state index contributed by atoms with van der Waals surface area (Å²) in [7, 11) is 0. The molecule has 0 aromatic heterocycles. The van der Waals surface area contributed by atoms with Crippen LogP contribution in [0.1, 0.15) is 28.8 Å². The zero-order chi connectivity index (χ0) is 9.97. The minimum Gasteiger partial charge on any atom is -0.324 e. The van der Waals surface area contributed by atoms with E-state index in [2.05, 4.69) is 10.2 Å². The maximum atomic E-state index is 11.4. The van der Waals surface area contributed by atoms with E-state index in [-0.39, 0.29) is 5.78 Å². The SMILES string of the molecule is O=NOc1ccc2c(c1)CCCC2=O. The topological polar surface area (TPSA) is 55.7 Å². The Kier molecular flexibility index (Phi) is 2.26. The molecule has 0 bridgehead atoms. The van der Waals surface area contributed by atoms with Gasteiger partial charge < -0.3 is 4.84 Å². The molecule has 2 rings (SSSR count). The Bertz CT molecular complexity index is 387. The number of aryl methyl sites for hydroxylation is 1. The Morgan fingerprint density at radius 1 is 1.29 bits per heavy atom. The van der Waals surface area contributed by atoms with Gasteiger partial charge in [-0.15, -0.1) is 4.91 Å². The zero-order valence-electron chi connectivity index (χ0n) is 7.53. The number of rotatable bonds is 2. The van der Waals surface area contributed by atoms with Crippen molar-refractivity contribution in [2.45, 2.75) is 19.3 Å². The van der Waals surface area contributed by atoms with E-state index in [1.54, 1.807) is 18.2 Å². The van der Waals surface area contributed by atoms with Gasteiger partial charge in [0.15, 0.2) is 16.9 Å². The average molecular weight is 191 g/mol. The second kappa shape index (κ2) is 3.57. The Morgan fingerprint density at radius 2 is 2.14 bits per heavy atom. The average Bonchev–Trinajstić information content (AvgIpc) is 2.18. The van der Waals surface area contributed by atoms with Crippen molar-refractivity contribution in [2.24, 2.45) is 5.34 Å². The third kappa shape index (κ3) is 1.51. The van der Waals surface area contributed by atoms with E-state index in [0.717, 1.165) is 24.0 Å². The predicted molar refractivity (Wildman–Crippen MR) is 50.1 cm³/mol. The van der Waals surface area contributed by atoms with Crippen molar-refractivity contribution in [2.75, 3.05) is 0 Å². The molecule has 0 aliphatic heterocycles. The summed E-state index contributed by atoms with van der Waals surface area (Å²) in [6, 6.07) is 4.98. The Hall–Kier alpha value is -1.71. The van der Waals surface area contributed by atoms with E-state index in [0.29, 0.717) is 12.2 Å². The van der Waals surface area contributed by atoms with E-state index in [4.69, 9.17) is 0 Å². The summed E-state index contributed by atoms with van der Waals surface area (Å²) in [5, 5.41) is 2.34. The van der Waals surface area contributed by atoms with Crippen LogP contribution in [-0.2, 0) is 6.42 Å². The number of ketones is 1. The van der Waals surface area contributed by atoms with Crippen LogP contribution in [0.25, 0.3) is 0 Å². The normalized spacial score (nSPS) is 14.7. The highest BCUT2D eigenvalue weighted by Crippen LogP contribution is 2.25. The molecule has 72 valence electrons. The van der Waals surface area contributed by atoms with Gasteiger partial charge in [0.2, 0.25) is 0 Å². The highest BCUT2D eigenvalue weighted by Gasteiger charge is 2.17. The molecular weight excluding hydrogens is 182 g/mol. The van der Waals surface area contributed by atoms with Crippen LogP contribution < -0.4 is 4.84 Å². The molecule has 0 heterocycles. The van der Waals surface area contributed by atoms with Gasteiger partial charge in [0.25, 0.3) is 0 Å². The van der Waals surface area contributed by atoms with Crippen molar-refractivity contribution in [3.05, 3.63) is 34.2 Å². The van der Waals surface area contributed by atoms with E-state index < -0.39 is 0 Å². The summed E-state index contributed by atoms with van der Waals surface area (Å²) in [6.07, 6.45) is 2.33. The Balaban J connectivity index is 2.38. The van der Waals surface area contributed by atoms with Gasteiger partial charge in [-0.25, -0.2) is 0 Å². The van der Waals surface area contributed by atoms with Crippen molar-refractivity contribution < 1.29 is 9.63 Å². The first kappa shape index (κ1) is 8.87. The number of carbonyl (C=O) groups is 1. The largest absolute Gasteiger partial charge is 0.324 e. The van der Waals surface area contributed by atoms with Gasteiger partial charge in [-0.1, -0.05) is 0 Å². The van der Waals surface area contributed by atoms with Crippen molar-refractivity contribution in [3.8, 4) is 5.75 Å². The van der Waals surface area contributed by atoms with Crippen LogP contribution in [0.4, 0.5) is 0 Å². The van der Waals surface area contributed by atoms with Gasteiger partial charge >= 0.3 is 0 Å². The summed E-state index contributed by atoms with van der Waals surface area (Å²) in [5.74, 6) is 0.560. The molecule has 1 aliphatic rings. The molecule has 0 atom stereocenters. The molecule has 0 spiro atoms. The van der Waals surface area contributed by atoms with E-state index in [1.165, 1.54) is 0 Å². The lowest BCUT2D eigenvalue weighted by molar-refractivity contribution is 0.0972. The van der Waals surface area contributed by atoms with Gasteiger partial charge in [-0.2, -0.15) is 0 Å². The van der Waals surface area contributed by atoms with Crippen LogP contribution >= 0.6 is 0 Å². The number of Topliss-reactive ketones (excluding diaryl/α,β-unsaturated/α-hetero) is 1. The number of hydrogen-bond donors (Lipinski definition) is 0. The molecule has 14 heavy (non-hydrogen) atoms. The molecule has 0 fully saturated rings. The quantitative estimate of drug-likeness (QED) is 0.532. The van der Waals surface area contributed by atoms with Crippen molar-refractivity contribution in [1.29, 1.82) is 0 Å². The Morgan fingerprint density at radius 3 is 2.93 bits per heavy atom. The van der Waals surface area contributed by atoms with Gasteiger partial charge in [-0.3, -0.25) is 4.79 Å². The minimum atomic E-state index is 0.164. The molecule has 0 saturated heterocycles. The molecule has 4 nitrogen and oxygen atoms in total. The zero-order valence-corrected chi connectivity index (χ0v) is 7.53. The van der Waals surface area contributed by atoms with Crippen molar-refractivity contribution in [1.82, 2.24) is 0 Å². The summed E-state index contributed by atoms with van der Waals surface area (Å²) < 4.78 is 0. The number of benzene rings is 1. The lowest BCUT2D eigenvalue weighted by atomic mass is 9.91. The maximum absolute atomic E-state index is 11.4. The molecule has 0 unspecified atom stereocenters. The smallest absolute Gasteiger partial charge is 0.163 e. The summed E-state index contributed by atoms with van der Waals surface area (Å²) >= 11 is 0. The lowest BCUT2D eigenvalue weighted by Gasteiger charge is -2.14. The predicted octanol–water partition coefficient (Wildman–Crippen LogP) is 2.27. The first-order chi connectivity index (χ1) is 6.81. The maximum Gasteiger partial charge on any atom is 0.163 e. The molecule has 0 radical (unpaired) electrons. The summed E-state index contributed by atoms with van der Waals surface area (Å²) in [4.78, 5) is 25.8. The van der Waals surface area contributed by atoms with Crippen LogP contribution in [0.5, 0.6) is 5.75 Å². The number of nitrogens with zero attached hydrogens (tertiary/aromatic N) is 1. The fraction of sp³-hybridized carbons (Fsp3) is 0.300. The van der Waals surface area contributed by atoms with Crippen LogP contribution in [0.15, 0.2) is 23.5 Å². The number of hydrogen-bond acceptors (Lipinski definition) is 4. The van der Waals surface area contributed by atoms with E-state index in [1.807, 2.05) is 0 Å². The third-order valence-corrected chi connectivity index (χ3v) is 2.37. The van der Waals surface area contributed by atoms with Crippen LogP contribution in [-0.4, -0.2) is 5.78 Å². The van der Waals surface area contributed by atoms with Crippen LogP contribution in [0.3, 0.4) is 0 Å². The lowest BCUT2D eigenvalue weighted by Crippen LogP contribution is -2.10. The van der Waals surface area contributed by atoms with Crippen molar-refractivity contribution >= 4 is 5.78 Å². The summed E-state index contributed by atoms with van der Waals surface area (Å²) in [5.41, 5.74) is 1.69. The highest BCUT2D eigenvalue weighted by atomic mass is 16.7. The standard InChI is InChI=1S/C10H9NO3/c12-10-3-1-2-7-6-8(14-11-13)4-5-9(7)10/h4-6H,1-3H2. The summed E-state index contributed by atoms with van der Waals surface area (Å²) in [6.45, 7) is 0. The van der Waals surface area contributed by atoms with Gasteiger partial charge in [0.1, 0.15) is 0 Å².